The summed E-state index contributed by atoms with van der Waals surface area (Å²) >= 11 is 0. The maximum Gasteiger partial charge on any atom is 0.135 e. The summed E-state index contributed by atoms with van der Waals surface area (Å²) in [5, 5.41) is 9.45. The van der Waals surface area contributed by atoms with Gasteiger partial charge < -0.3 is 20.3 Å². The van der Waals surface area contributed by atoms with Crippen LogP contribution in [0.3, 0.4) is 0 Å². The van der Waals surface area contributed by atoms with Crippen molar-refractivity contribution in [3.63, 3.8) is 0 Å². The van der Waals surface area contributed by atoms with E-state index in [1.54, 1.807) is 0 Å². The molecule has 3 N–H and O–H groups in total. The molecule has 5 heteroatoms. The molecule has 3 rings (SSSR count). The molecule has 19 heavy (non-hydrogen) atoms. The van der Waals surface area contributed by atoms with Gasteiger partial charge in [0.2, 0.25) is 0 Å². The smallest absolute Gasteiger partial charge is 0.135 e. The summed E-state index contributed by atoms with van der Waals surface area (Å²) in [5.74, 6) is 0.722. The Hall–Kier alpha value is -1.59. The third-order valence-electron chi connectivity index (χ3n) is 3.83. The molecule has 0 radical (unpaired) electrons. The van der Waals surface area contributed by atoms with Gasteiger partial charge in [-0.3, -0.25) is 0 Å². The lowest BCUT2D eigenvalue weighted by Gasteiger charge is -2.16. The highest BCUT2D eigenvalue weighted by Gasteiger charge is 2.14. The number of aliphatic hydroxyl groups is 1. The second-order valence-corrected chi connectivity index (χ2v) is 5.13. The summed E-state index contributed by atoms with van der Waals surface area (Å²) in [6.07, 6.45) is 2.60. The van der Waals surface area contributed by atoms with Crippen LogP contribution in [0.5, 0.6) is 0 Å². The molecule has 1 aromatic carbocycles. The van der Waals surface area contributed by atoms with Gasteiger partial charge in [0.15, 0.2) is 0 Å². The zero-order chi connectivity index (χ0) is 13.2. The average Bonchev–Trinajstić information content (AvgIpc) is 3.02. The van der Waals surface area contributed by atoms with Crippen LogP contribution in [0.2, 0.25) is 0 Å². The summed E-state index contributed by atoms with van der Waals surface area (Å²) in [4.78, 5) is 6.91. The van der Waals surface area contributed by atoms with Crippen LogP contribution in [0.25, 0.3) is 11.0 Å². The number of hydrogen-bond donors (Lipinski definition) is 2. The lowest BCUT2D eigenvalue weighted by molar-refractivity contribution is 0.260. The fourth-order valence-corrected chi connectivity index (χ4v) is 2.81. The molecule has 0 bridgehead atoms. The molecule has 1 aliphatic heterocycles. The molecule has 0 saturated carbocycles. The van der Waals surface area contributed by atoms with Crippen LogP contribution in [-0.2, 0) is 13.2 Å². The van der Waals surface area contributed by atoms with E-state index in [0.29, 0.717) is 5.69 Å². The van der Waals surface area contributed by atoms with Crippen molar-refractivity contribution < 1.29 is 5.11 Å². The first-order valence-electron chi connectivity index (χ1n) is 6.86. The summed E-state index contributed by atoms with van der Waals surface area (Å²) in [7, 11) is 0. The van der Waals surface area contributed by atoms with E-state index in [0.717, 1.165) is 29.9 Å². The minimum absolute atomic E-state index is 0.0332. The number of aromatic nitrogens is 2. The van der Waals surface area contributed by atoms with Gasteiger partial charge in [-0.05, 0) is 44.1 Å². The second-order valence-electron chi connectivity index (χ2n) is 5.13. The fourth-order valence-electron chi connectivity index (χ4n) is 2.81. The van der Waals surface area contributed by atoms with Crippen molar-refractivity contribution in [2.24, 2.45) is 0 Å². The van der Waals surface area contributed by atoms with Crippen LogP contribution in [0, 0.1) is 0 Å². The monoisotopic (exact) mass is 260 g/mol. The number of hydrogen-bond acceptors (Lipinski definition) is 4. The molecule has 0 unspecified atom stereocenters. The zero-order valence-corrected chi connectivity index (χ0v) is 11.0. The van der Waals surface area contributed by atoms with Crippen LogP contribution >= 0.6 is 0 Å². The summed E-state index contributed by atoms with van der Waals surface area (Å²) in [6.45, 7) is 4.23. The molecular weight excluding hydrogens is 240 g/mol. The molecule has 0 atom stereocenters. The first-order valence-corrected chi connectivity index (χ1v) is 6.86. The first-order chi connectivity index (χ1) is 9.28. The minimum atomic E-state index is -0.0332. The summed E-state index contributed by atoms with van der Waals surface area (Å²) < 4.78 is 2.10. The zero-order valence-electron chi connectivity index (χ0n) is 11.0. The largest absolute Gasteiger partial charge is 0.399 e. The van der Waals surface area contributed by atoms with Crippen LogP contribution in [0.4, 0.5) is 5.69 Å². The van der Waals surface area contributed by atoms with Crippen molar-refractivity contribution in [2.75, 3.05) is 25.4 Å². The number of nitrogens with two attached hydrogens (primary N) is 1. The third kappa shape index (κ3) is 2.43. The lowest BCUT2D eigenvalue weighted by atomic mass is 10.3. The normalized spacial score (nSPS) is 16.5. The number of rotatable bonds is 4. The number of likely N-dealkylation sites (tertiary alicyclic amines) is 1. The van der Waals surface area contributed by atoms with E-state index in [-0.39, 0.29) is 6.61 Å². The molecule has 1 aromatic heterocycles. The Morgan fingerprint density at radius 2 is 2.00 bits per heavy atom. The van der Waals surface area contributed by atoms with Gasteiger partial charge in [-0.2, -0.15) is 0 Å². The Labute approximate surface area is 112 Å². The predicted octanol–water partition coefficient (Wildman–Crippen LogP) is 1.21. The van der Waals surface area contributed by atoms with Crippen molar-refractivity contribution in [1.82, 2.24) is 14.5 Å². The molecule has 1 aliphatic rings. The number of nitrogens with zero attached hydrogens (tertiary/aromatic N) is 3. The topological polar surface area (TPSA) is 67.3 Å². The molecule has 0 amide bonds. The standard InChI is InChI=1S/C14H20N4O/c15-11-3-4-13-12(9-11)16-14(10-19)18(13)8-7-17-5-1-2-6-17/h3-4,9,19H,1-2,5-8,10,15H2. The number of nitrogen functional groups attached to an aromatic ring is 1. The highest BCUT2D eigenvalue weighted by molar-refractivity contribution is 5.79. The van der Waals surface area contributed by atoms with Crippen molar-refractivity contribution in [2.45, 2.75) is 26.0 Å². The number of anilines is 1. The van der Waals surface area contributed by atoms with E-state index in [4.69, 9.17) is 5.73 Å². The van der Waals surface area contributed by atoms with Gasteiger partial charge in [-0.25, -0.2) is 4.98 Å². The second kappa shape index (κ2) is 5.19. The van der Waals surface area contributed by atoms with Gasteiger partial charge in [-0.1, -0.05) is 0 Å². The first kappa shape index (κ1) is 12.4. The maximum absolute atomic E-state index is 9.45. The molecule has 2 heterocycles. The molecule has 5 nitrogen and oxygen atoms in total. The SMILES string of the molecule is Nc1ccc2c(c1)nc(CO)n2CCN1CCCC1. The van der Waals surface area contributed by atoms with E-state index in [1.807, 2.05) is 18.2 Å². The number of benzene rings is 1. The van der Waals surface area contributed by atoms with Crippen molar-refractivity contribution in [3.8, 4) is 0 Å². The van der Waals surface area contributed by atoms with Crippen molar-refractivity contribution in [3.05, 3.63) is 24.0 Å². The Balaban J connectivity index is 1.87. The predicted molar refractivity (Wildman–Crippen MR) is 75.7 cm³/mol. The lowest BCUT2D eigenvalue weighted by Crippen LogP contribution is -2.24. The number of fused-ring (bicyclic) bond motifs is 1. The van der Waals surface area contributed by atoms with Gasteiger partial charge in [0.1, 0.15) is 12.4 Å². The van der Waals surface area contributed by atoms with Gasteiger partial charge in [-0.15, -0.1) is 0 Å². The van der Waals surface area contributed by atoms with Crippen LogP contribution in [-0.4, -0.2) is 39.2 Å². The molecule has 2 aromatic rings. The van der Waals surface area contributed by atoms with E-state index < -0.39 is 0 Å². The molecular formula is C14H20N4O. The van der Waals surface area contributed by atoms with E-state index in [2.05, 4.69) is 14.5 Å². The number of aliphatic hydroxyl groups excluding tert-OH is 1. The minimum Gasteiger partial charge on any atom is -0.399 e. The highest BCUT2D eigenvalue weighted by atomic mass is 16.3. The summed E-state index contributed by atoms with van der Waals surface area (Å²) in [6, 6.07) is 5.74. The molecule has 0 aliphatic carbocycles. The van der Waals surface area contributed by atoms with Crippen molar-refractivity contribution in [1.29, 1.82) is 0 Å². The highest BCUT2D eigenvalue weighted by Crippen LogP contribution is 2.19. The van der Waals surface area contributed by atoms with E-state index >= 15 is 0 Å². The quantitative estimate of drug-likeness (QED) is 0.811. The van der Waals surface area contributed by atoms with Crippen LogP contribution in [0.1, 0.15) is 18.7 Å². The molecule has 102 valence electrons. The summed E-state index contributed by atoms with van der Waals surface area (Å²) in [5.41, 5.74) is 8.41. The van der Waals surface area contributed by atoms with Gasteiger partial charge in [0, 0.05) is 18.8 Å². The van der Waals surface area contributed by atoms with Crippen molar-refractivity contribution >= 4 is 16.7 Å². The molecule has 1 saturated heterocycles. The molecule has 0 spiro atoms. The Morgan fingerprint density at radius 1 is 1.21 bits per heavy atom. The Bertz CT molecular complexity index is 572. The van der Waals surface area contributed by atoms with Crippen LogP contribution in [0.15, 0.2) is 18.2 Å². The fraction of sp³-hybridized carbons (Fsp3) is 0.500. The maximum atomic E-state index is 9.45. The number of imidazole rings is 1. The molecule has 1 fully saturated rings. The van der Waals surface area contributed by atoms with Crippen LogP contribution < -0.4 is 5.73 Å². The van der Waals surface area contributed by atoms with E-state index in [1.165, 1.54) is 25.9 Å². The Kier molecular flexibility index (Phi) is 3.40. The van der Waals surface area contributed by atoms with E-state index in [9.17, 15) is 5.11 Å². The third-order valence-corrected chi connectivity index (χ3v) is 3.83. The Morgan fingerprint density at radius 3 is 2.74 bits per heavy atom. The van der Waals surface area contributed by atoms with Gasteiger partial charge in [0.25, 0.3) is 0 Å². The average molecular weight is 260 g/mol. The van der Waals surface area contributed by atoms with Gasteiger partial charge >= 0.3 is 0 Å². The van der Waals surface area contributed by atoms with Gasteiger partial charge in [0.05, 0.1) is 11.0 Å².